The Kier molecular flexibility index (Phi) is 9.53. The minimum absolute atomic E-state index is 0.737. The van der Waals surface area contributed by atoms with Gasteiger partial charge in [0.1, 0.15) is 0 Å². The predicted molar refractivity (Wildman–Crippen MR) is 218 cm³/mol. The molecule has 0 saturated heterocycles. The molecule has 0 atom stereocenters. The Hall–Kier alpha value is -5.45. The standard InChI is InChI=1S/C47H35NP2/c1-6-18-36(19-7-1)39-34-46(37-20-16-30-44(32-37)49(40-22-8-2-9-23-40)41-24-10-3-11-25-41)48-47(35-39)38-21-17-31-45(33-38)50(42-26-12-4-13-27-42)43-28-14-5-15-29-43/h1-35H. The summed E-state index contributed by atoms with van der Waals surface area (Å²) in [5, 5.41) is 7.96. The molecule has 0 fully saturated rings. The molecule has 7 aromatic carbocycles. The third-order valence-electron chi connectivity index (χ3n) is 8.79. The lowest BCUT2D eigenvalue weighted by Crippen LogP contribution is -2.20. The molecule has 3 heteroatoms. The molecule has 238 valence electrons. The summed E-state index contributed by atoms with van der Waals surface area (Å²) in [6, 6.07) is 76.7. The fourth-order valence-corrected chi connectivity index (χ4v) is 11.1. The van der Waals surface area contributed by atoms with Crippen LogP contribution in [-0.2, 0) is 0 Å². The molecule has 0 spiro atoms. The summed E-state index contributed by atoms with van der Waals surface area (Å²) in [4.78, 5) is 5.41. The van der Waals surface area contributed by atoms with Crippen LogP contribution in [0.5, 0.6) is 0 Å². The Morgan fingerprint density at radius 1 is 0.240 bits per heavy atom. The zero-order valence-electron chi connectivity index (χ0n) is 27.5. The largest absolute Gasteiger partial charge is 0.248 e. The second-order valence-corrected chi connectivity index (χ2v) is 16.5. The average molecular weight is 676 g/mol. The molecule has 8 aromatic rings. The fraction of sp³-hybridized carbons (Fsp3) is 0. The predicted octanol–water partition coefficient (Wildman–Crippen LogP) is 9.60. The molecule has 0 N–H and O–H groups in total. The first-order valence-corrected chi connectivity index (χ1v) is 19.6. The summed E-state index contributed by atoms with van der Waals surface area (Å²) >= 11 is 0. The first kappa shape index (κ1) is 31.8. The van der Waals surface area contributed by atoms with Crippen molar-refractivity contribution in [3.63, 3.8) is 0 Å². The van der Waals surface area contributed by atoms with Crippen molar-refractivity contribution in [3.8, 4) is 33.6 Å². The summed E-state index contributed by atoms with van der Waals surface area (Å²) in [6.07, 6.45) is 0. The first-order chi connectivity index (χ1) is 24.8. The van der Waals surface area contributed by atoms with Crippen LogP contribution in [0.15, 0.2) is 212 Å². The summed E-state index contributed by atoms with van der Waals surface area (Å²) in [6.45, 7) is 0. The normalized spacial score (nSPS) is 11.2. The van der Waals surface area contributed by atoms with E-state index in [0.717, 1.165) is 28.1 Å². The molecule has 8 rings (SSSR count). The number of benzene rings is 7. The van der Waals surface area contributed by atoms with Gasteiger partial charge in [-0.2, -0.15) is 0 Å². The van der Waals surface area contributed by atoms with E-state index in [1.54, 1.807) is 0 Å². The van der Waals surface area contributed by atoms with Crippen LogP contribution in [0, 0.1) is 0 Å². The minimum Gasteiger partial charge on any atom is -0.248 e. The summed E-state index contributed by atoms with van der Waals surface area (Å²) in [5.74, 6) is 0. The van der Waals surface area contributed by atoms with Crippen LogP contribution in [0.4, 0.5) is 0 Å². The van der Waals surface area contributed by atoms with Gasteiger partial charge in [-0.05, 0) is 83.1 Å². The van der Waals surface area contributed by atoms with Gasteiger partial charge in [0.05, 0.1) is 11.4 Å². The fourth-order valence-electron chi connectivity index (χ4n) is 6.43. The molecular formula is C47H35NP2. The van der Waals surface area contributed by atoms with Crippen molar-refractivity contribution < 1.29 is 0 Å². The van der Waals surface area contributed by atoms with Gasteiger partial charge in [-0.25, -0.2) is 4.98 Å². The molecule has 50 heavy (non-hydrogen) atoms. The molecule has 1 heterocycles. The molecule has 1 nitrogen and oxygen atoms in total. The lowest BCUT2D eigenvalue weighted by Gasteiger charge is -2.21. The number of hydrogen-bond donors (Lipinski definition) is 0. The lowest BCUT2D eigenvalue weighted by molar-refractivity contribution is 1.32. The van der Waals surface area contributed by atoms with E-state index in [0.29, 0.717) is 0 Å². The highest BCUT2D eigenvalue weighted by atomic mass is 31.1. The Bertz CT molecular complexity index is 2090. The number of hydrogen-bond acceptors (Lipinski definition) is 1. The topological polar surface area (TPSA) is 12.9 Å². The van der Waals surface area contributed by atoms with E-state index >= 15 is 0 Å². The van der Waals surface area contributed by atoms with Crippen molar-refractivity contribution in [1.29, 1.82) is 0 Å². The maximum atomic E-state index is 5.41. The Labute approximate surface area is 297 Å². The van der Waals surface area contributed by atoms with Crippen molar-refractivity contribution in [2.45, 2.75) is 0 Å². The highest BCUT2D eigenvalue weighted by Gasteiger charge is 2.19. The lowest BCUT2D eigenvalue weighted by atomic mass is 10.00. The van der Waals surface area contributed by atoms with Crippen LogP contribution in [-0.4, -0.2) is 4.98 Å². The van der Waals surface area contributed by atoms with E-state index in [2.05, 4.69) is 212 Å². The Balaban J connectivity index is 1.26. The van der Waals surface area contributed by atoms with Crippen molar-refractivity contribution in [3.05, 3.63) is 212 Å². The van der Waals surface area contributed by atoms with Crippen LogP contribution in [0.2, 0.25) is 0 Å². The van der Waals surface area contributed by atoms with Gasteiger partial charge in [0.15, 0.2) is 0 Å². The van der Waals surface area contributed by atoms with Crippen molar-refractivity contribution >= 4 is 47.7 Å². The SMILES string of the molecule is c1ccc(-c2cc(-c3cccc(P(c4ccccc4)c4ccccc4)c3)nc(-c3cccc(P(c4ccccc4)c4ccccc4)c3)c2)cc1. The van der Waals surface area contributed by atoms with Crippen LogP contribution in [0.1, 0.15) is 0 Å². The molecule has 0 unspecified atom stereocenters. The number of pyridine rings is 1. The zero-order chi connectivity index (χ0) is 33.5. The van der Waals surface area contributed by atoms with Gasteiger partial charge >= 0.3 is 0 Å². The van der Waals surface area contributed by atoms with E-state index in [4.69, 9.17) is 4.98 Å². The number of aromatic nitrogens is 1. The molecule has 0 aliphatic heterocycles. The summed E-state index contributed by atoms with van der Waals surface area (Å²) < 4.78 is 0. The van der Waals surface area contributed by atoms with Gasteiger partial charge in [0.25, 0.3) is 0 Å². The quantitative estimate of drug-likeness (QED) is 0.139. The van der Waals surface area contributed by atoms with Crippen LogP contribution in [0.3, 0.4) is 0 Å². The third kappa shape index (κ3) is 6.99. The third-order valence-corrected chi connectivity index (χ3v) is 13.6. The van der Waals surface area contributed by atoms with Gasteiger partial charge in [-0.3, -0.25) is 0 Å². The highest BCUT2D eigenvalue weighted by Crippen LogP contribution is 2.37. The van der Waals surface area contributed by atoms with E-state index in [-0.39, 0.29) is 0 Å². The molecule has 0 bridgehead atoms. The van der Waals surface area contributed by atoms with Crippen molar-refractivity contribution in [2.75, 3.05) is 0 Å². The molecule has 0 amide bonds. The van der Waals surface area contributed by atoms with Gasteiger partial charge in [-0.1, -0.05) is 188 Å². The molecular weight excluding hydrogens is 640 g/mol. The van der Waals surface area contributed by atoms with E-state index in [1.807, 2.05) is 0 Å². The Morgan fingerprint density at radius 2 is 0.540 bits per heavy atom. The van der Waals surface area contributed by atoms with Gasteiger partial charge in [-0.15, -0.1) is 0 Å². The van der Waals surface area contributed by atoms with E-state index in [1.165, 1.54) is 37.4 Å². The molecule has 0 aliphatic rings. The monoisotopic (exact) mass is 675 g/mol. The van der Waals surface area contributed by atoms with Crippen LogP contribution in [0.25, 0.3) is 33.6 Å². The maximum absolute atomic E-state index is 5.41. The van der Waals surface area contributed by atoms with Gasteiger partial charge in [0.2, 0.25) is 0 Å². The van der Waals surface area contributed by atoms with Crippen LogP contribution < -0.4 is 31.8 Å². The first-order valence-electron chi connectivity index (χ1n) is 16.9. The second-order valence-electron chi connectivity index (χ2n) is 12.1. The van der Waals surface area contributed by atoms with E-state index < -0.39 is 15.8 Å². The van der Waals surface area contributed by atoms with E-state index in [9.17, 15) is 0 Å². The molecule has 1 aromatic heterocycles. The maximum Gasteiger partial charge on any atom is 0.0715 e. The number of rotatable bonds is 9. The van der Waals surface area contributed by atoms with Gasteiger partial charge < -0.3 is 0 Å². The minimum atomic E-state index is -0.737. The average Bonchev–Trinajstić information content (AvgIpc) is 3.20. The van der Waals surface area contributed by atoms with Gasteiger partial charge in [0, 0.05) is 11.1 Å². The molecule has 0 aliphatic carbocycles. The molecule has 0 radical (unpaired) electrons. The van der Waals surface area contributed by atoms with Crippen LogP contribution >= 0.6 is 15.8 Å². The second kappa shape index (κ2) is 15.0. The zero-order valence-corrected chi connectivity index (χ0v) is 29.3. The summed E-state index contributed by atoms with van der Waals surface area (Å²) in [7, 11) is -1.47. The molecule has 0 saturated carbocycles. The summed E-state index contributed by atoms with van der Waals surface area (Å²) in [5.41, 5.74) is 6.51. The van der Waals surface area contributed by atoms with Crippen molar-refractivity contribution in [1.82, 2.24) is 4.98 Å². The highest BCUT2D eigenvalue weighted by molar-refractivity contribution is 7.80. The Morgan fingerprint density at radius 3 is 0.900 bits per heavy atom. The van der Waals surface area contributed by atoms with Crippen molar-refractivity contribution in [2.24, 2.45) is 0 Å². The smallest absolute Gasteiger partial charge is 0.0715 e. The number of nitrogens with zero attached hydrogens (tertiary/aromatic N) is 1.